The molecule has 17 heavy (non-hydrogen) atoms. The molecule has 0 heterocycles. The number of ether oxygens (including phenoxy) is 1. The fourth-order valence-electron chi connectivity index (χ4n) is 1.66. The van der Waals surface area contributed by atoms with Gasteiger partial charge in [0.15, 0.2) is 0 Å². The number of likely N-dealkylation sites (N-methyl/N-ethyl adjacent to an activating group) is 1. The number of rotatable bonds is 6. The van der Waals surface area contributed by atoms with E-state index in [9.17, 15) is 5.11 Å². The summed E-state index contributed by atoms with van der Waals surface area (Å²) in [5.41, 5.74) is 5.68. The lowest BCUT2D eigenvalue weighted by Gasteiger charge is -2.25. The van der Waals surface area contributed by atoms with Gasteiger partial charge < -0.3 is 20.5 Å². The van der Waals surface area contributed by atoms with Crippen LogP contribution < -0.4 is 10.5 Å². The van der Waals surface area contributed by atoms with E-state index in [1.165, 1.54) is 0 Å². The van der Waals surface area contributed by atoms with E-state index < -0.39 is 5.60 Å². The highest BCUT2D eigenvalue weighted by Gasteiger charge is 2.15. The lowest BCUT2D eigenvalue weighted by atomic mass is 10.1. The first-order chi connectivity index (χ1) is 7.87. The molecular weight excluding hydrogens is 216 g/mol. The molecule has 1 rings (SSSR count). The molecule has 4 nitrogen and oxygen atoms in total. The molecule has 0 aliphatic carbocycles. The summed E-state index contributed by atoms with van der Waals surface area (Å²) in [6, 6.07) is 7.38. The number of nitrogens with zero attached hydrogens (tertiary/aromatic N) is 1. The van der Waals surface area contributed by atoms with Crippen molar-refractivity contribution in [3.05, 3.63) is 24.3 Å². The average molecular weight is 238 g/mol. The molecule has 0 spiro atoms. The Balaban J connectivity index is 2.28. The highest BCUT2D eigenvalue weighted by molar-refractivity contribution is 5.43. The Morgan fingerprint density at radius 1 is 1.41 bits per heavy atom. The maximum atomic E-state index is 9.64. The van der Waals surface area contributed by atoms with Gasteiger partial charge in [-0.2, -0.15) is 0 Å². The van der Waals surface area contributed by atoms with Gasteiger partial charge in [-0.25, -0.2) is 0 Å². The maximum absolute atomic E-state index is 9.64. The highest BCUT2D eigenvalue weighted by atomic mass is 16.5. The predicted molar refractivity (Wildman–Crippen MR) is 70.1 cm³/mol. The fraction of sp³-hybridized carbons (Fsp3) is 0.538. The normalized spacial score (nSPS) is 11.8. The molecular formula is C13H22N2O2. The van der Waals surface area contributed by atoms with Gasteiger partial charge in [0.05, 0.1) is 5.60 Å². The van der Waals surface area contributed by atoms with E-state index in [1.807, 2.05) is 30.1 Å². The molecule has 0 unspecified atom stereocenters. The highest BCUT2D eigenvalue weighted by Crippen LogP contribution is 2.14. The Labute approximate surface area is 103 Å². The molecule has 0 aliphatic rings. The minimum atomic E-state index is -0.675. The van der Waals surface area contributed by atoms with Gasteiger partial charge in [-0.05, 0) is 33.0 Å². The zero-order valence-corrected chi connectivity index (χ0v) is 10.8. The lowest BCUT2D eigenvalue weighted by molar-refractivity contribution is 0.0411. The zero-order chi connectivity index (χ0) is 12.9. The van der Waals surface area contributed by atoms with Crippen molar-refractivity contribution < 1.29 is 9.84 Å². The molecule has 96 valence electrons. The molecule has 3 N–H and O–H groups in total. The number of hydrogen-bond donors (Lipinski definition) is 2. The van der Waals surface area contributed by atoms with Crippen LogP contribution >= 0.6 is 0 Å². The summed E-state index contributed by atoms with van der Waals surface area (Å²) in [6.45, 7) is 5.55. The number of nitrogen functional groups attached to an aromatic ring is 1. The number of anilines is 1. The molecule has 1 aromatic rings. The van der Waals surface area contributed by atoms with Gasteiger partial charge in [0.1, 0.15) is 12.4 Å². The summed E-state index contributed by atoms with van der Waals surface area (Å²) < 4.78 is 5.57. The summed E-state index contributed by atoms with van der Waals surface area (Å²) in [5.74, 6) is 0.779. The molecule has 0 saturated heterocycles. The number of benzene rings is 1. The van der Waals surface area contributed by atoms with Gasteiger partial charge in [-0.3, -0.25) is 0 Å². The number of hydrogen-bond acceptors (Lipinski definition) is 4. The first-order valence-corrected chi connectivity index (χ1v) is 5.76. The number of aliphatic hydroxyl groups is 1. The Morgan fingerprint density at radius 3 is 2.71 bits per heavy atom. The third-order valence-electron chi connectivity index (χ3n) is 2.26. The van der Waals surface area contributed by atoms with E-state index in [2.05, 4.69) is 0 Å². The van der Waals surface area contributed by atoms with Crippen LogP contribution in [0.1, 0.15) is 13.8 Å². The third kappa shape index (κ3) is 6.14. The van der Waals surface area contributed by atoms with Gasteiger partial charge in [0.2, 0.25) is 0 Å². The molecule has 4 heteroatoms. The first-order valence-electron chi connectivity index (χ1n) is 5.76. The summed E-state index contributed by atoms with van der Waals surface area (Å²) in [6.07, 6.45) is 0. The summed E-state index contributed by atoms with van der Waals surface area (Å²) in [5, 5.41) is 9.64. The molecule has 0 aromatic heterocycles. The Bertz CT molecular complexity index is 348. The Hall–Kier alpha value is -1.26. The second-order valence-corrected chi connectivity index (χ2v) is 4.97. The summed E-state index contributed by atoms with van der Waals surface area (Å²) in [4.78, 5) is 2.03. The molecule has 0 amide bonds. The van der Waals surface area contributed by atoms with Crippen molar-refractivity contribution in [3.63, 3.8) is 0 Å². The monoisotopic (exact) mass is 238 g/mol. The van der Waals surface area contributed by atoms with E-state index in [1.54, 1.807) is 19.9 Å². The maximum Gasteiger partial charge on any atom is 0.121 e. The van der Waals surface area contributed by atoms with Gasteiger partial charge in [0.25, 0.3) is 0 Å². The quantitative estimate of drug-likeness (QED) is 0.734. The Kier molecular flexibility index (Phi) is 4.78. The topological polar surface area (TPSA) is 58.7 Å². The molecule has 0 bridgehead atoms. The minimum Gasteiger partial charge on any atom is -0.492 e. The third-order valence-corrected chi connectivity index (χ3v) is 2.26. The van der Waals surface area contributed by atoms with Crippen molar-refractivity contribution >= 4 is 5.69 Å². The Morgan fingerprint density at radius 2 is 2.12 bits per heavy atom. The van der Waals surface area contributed by atoms with E-state index in [0.717, 1.165) is 12.3 Å². The zero-order valence-electron chi connectivity index (χ0n) is 10.8. The van der Waals surface area contributed by atoms with Crippen LogP contribution in [0.3, 0.4) is 0 Å². The van der Waals surface area contributed by atoms with E-state index in [4.69, 9.17) is 10.5 Å². The summed E-state index contributed by atoms with van der Waals surface area (Å²) >= 11 is 0. The van der Waals surface area contributed by atoms with Crippen molar-refractivity contribution in [2.45, 2.75) is 19.4 Å². The van der Waals surface area contributed by atoms with Gasteiger partial charge >= 0.3 is 0 Å². The van der Waals surface area contributed by atoms with Crippen molar-refractivity contribution in [3.8, 4) is 5.75 Å². The minimum absolute atomic E-state index is 0.579. The van der Waals surface area contributed by atoms with Crippen LogP contribution in [0.2, 0.25) is 0 Å². The van der Waals surface area contributed by atoms with Crippen molar-refractivity contribution in [2.24, 2.45) is 0 Å². The van der Waals surface area contributed by atoms with Crippen LogP contribution in [0.25, 0.3) is 0 Å². The SMILES string of the molecule is CN(CCOc1cccc(N)c1)CC(C)(C)O. The number of nitrogens with two attached hydrogens (primary N) is 1. The summed E-state index contributed by atoms with van der Waals surface area (Å²) in [7, 11) is 1.96. The molecule has 0 aliphatic heterocycles. The van der Waals surface area contributed by atoms with Crippen LogP contribution in [-0.2, 0) is 0 Å². The molecule has 1 aromatic carbocycles. The van der Waals surface area contributed by atoms with E-state index >= 15 is 0 Å². The second-order valence-electron chi connectivity index (χ2n) is 4.97. The van der Waals surface area contributed by atoms with Crippen LogP contribution in [-0.4, -0.2) is 42.4 Å². The fourth-order valence-corrected chi connectivity index (χ4v) is 1.66. The van der Waals surface area contributed by atoms with Gasteiger partial charge in [-0.15, -0.1) is 0 Å². The smallest absolute Gasteiger partial charge is 0.121 e. The standard InChI is InChI=1S/C13H22N2O2/c1-13(2,16)10-15(3)7-8-17-12-6-4-5-11(14)9-12/h4-6,9,16H,7-8,10,14H2,1-3H3. The van der Waals surface area contributed by atoms with E-state index in [0.29, 0.717) is 18.8 Å². The van der Waals surface area contributed by atoms with Crippen LogP contribution in [0.5, 0.6) is 5.75 Å². The van der Waals surface area contributed by atoms with Crippen molar-refractivity contribution in [2.75, 3.05) is 32.5 Å². The molecule has 0 saturated carbocycles. The van der Waals surface area contributed by atoms with Crippen LogP contribution in [0.15, 0.2) is 24.3 Å². The molecule has 0 fully saturated rings. The molecule has 0 radical (unpaired) electrons. The van der Waals surface area contributed by atoms with Gasteiger partial charge in [0, 0.05) is 24.8 Å². The van der Waals surface area contributed by atoms with Crippen LogP contribution in [0, 0.1) is 0 Å². The van der Waals surface area contributed by atoms with Crippen molar-refractivity contribution in [1.29, 1.82) is 0 Å². The lowest BCUT2D eigenvalue weighted by Crippen LogP contribution is -2.38. The first kappa shape index (κ1) is 13.8. The van der Waals surface area contributed by atoms with Crippen LogP contribution in [0.4, 0.5) is 5.69 Å². The van der Waals surface area contributed by atoms with Crippen molar-refractivity contribution in [1.82, 2.24) is 4.90 Å². The van der Waals surface area contributed by atoms with E-state index in [-0.39, 0.29) is 0 Å². The largest absolute Gasteiger partial charge is 0.492 e. The average Bonchev–Trinajstić information content (AvgIpc) is 2.14. The van der Waals surface area contributed by atoms with Gasteiger partial charge in [-0.1, -0.05) is 6.07 Å². The second kappa shape index (κ2) is 5.89. The predicted octanol–water partition coefficient (Wildman–Crippen LogP) is 1.35. The molecule has 0 atom stereocenters.